The smallest absolute Gasteiger partial charge is 0.336 e. The van der Waals surface area contributed by atoms with Gasteiger partial charge in [-0.2, -0.15) is 0 Å². The Hall–Kier alpha value is -0.690. The summed E-state index contributed by atoms with van der Waals surface area (Å²) in [6.45, 7) is 4.90. The predicted molar refractivity (Wildman–Crippen MR) is 65.5 cm³/mol. The molecule has 0 saturated carbocycles. The van der Waals surface area contributed by atoms with Gasteiger partial charge in [0, 0.05) is 33.4 Å². The lowest BCUT2D eigenvalue weighted by Crippen LogP contribution is -2.46. The Kier molecular flexibility index (Phi) is 7.91. The van der Waals surface area contributed by atoms with Crippen molar-refractivity contribution in [3.05, 3.63) is 0 Å². The lowest BCUT2D eigenvalue weighted by Gasteiger charge is -2.31. The Morgan fingerprint density at radius 2 is 2.17 bits per heavy atom. The summed E-state index contributed by atoms with van der Waals surface area (Å²) in [6.07, 6.45) is 0.496. The van der Waals surface area contributed by atoms with E-state index in [0.717, 1.165) is 19.5 Å². The molecule has 0 radical (unpaired) electrons. The molecule has 0 aromatic rings. The molecule has 0 amide bonds. The fraction of sp³-hybridized carbons (Fsp3) is 0.917. The van der Waals surface area contributed by atoms with Gasteiger partial charge in [-0.05, 0) is 6.42 Å². The molecule has 1 aliphatic heterocycles. The molecule has 0 spiro atoms. The van der Waals surface area contributed by atoms with Crippen molar-refractivity contribution in [2.24, 2.45) is 0 Å². The average molecular weight is 261 g/mol. The van der Waals surface area contributed by atoms with Crippen molar-refractivity contribution in [2.45, 2.75) is 12.5 Å². The van der Waals surface area contributed by atoms with Gasteiger partial charge in [-0.3, -0.25) is 4.90 Å². The summed E-state index contributed by atoms with van der Waals surface area (Å²) in [5.41, 5.74) is 0. The Bertz CT molecular complexity index is 237. The second-order valence-electron chi connectivity index (χ2n) is 4.14. The van der Waals surface area contributed by atoms with Crippen molar-refractivity contribution in [1.82, 2.24) is 4.90 Å². The summed E-state index contributed by atoms with van der Waals surface area (Å²) < 4.78 is 20.3. The predicted octanol–water partition coefficient (Wildman–Crippen LogP) is -0.0867. The molecule has 0 aliphatic carbocycles. The molecule has 0 aromatic carbocycles. The maximum Gasteiger partial charge on any atom is 0.336 e. The molecule has 6 heteroatoms. The number of esters is 1. The van der Waals surface area contributed by atoms with Crippen LogP contribution in [0.5, 0.6) is 0 Å². The second kappa shape index (κ2) is 9.27. The highest BCUT2D eigenvalue weighted by molar-refractivity contribution is 5.74. The number of hydrogen-bond acceptors (Lipinski definition) is 6. The Balaban J connectivity index is 2.09. The van der Waals surface area contributed by atoms with E-state index >= 15 is 0 Å². The molecule has 1 aliphatic rings. The number of methoxy groups -OCH3 is 2. The maximum absolute atomic E-state index is 11.3. The van der Waals surface area contributed by atoms with Gasteiger partial charge in [0.15, 0.2) is 6.10 Å². The minimum absolute atomic E-state index is 0.295. The Morgan fingerprint density at radius 3 is 2.89 bits per heavy atom. The van der Waals surface area contributed by atoms with E-state index in [1.807, 2.05) is 0 Å². The van der Waals surface area contributed by atoms with Gasteiger partial charge in [0.2, 0.25) is 0 Å². The van der Waals surface area contributed by atoms with Gasteiger partial charge >= 0.3 is 5.97 Å². The molecule has 1 fully saturated rings. The molecule has 1 heterocycles. The zero-order valence-corrected chi connectivity index (χ0v) is 11.2. The minimum Gasteiger partial charge on any atom is -0.467 e. The molecule has 6 nitrogen and oxygen atoms in total. The van der Waals surface area contributed by atoms with Gasteiger partial charge in [0.1, 0.15) is 0 Å². The Morgan fingerprint density at radius 1 is 1.33 bits per heavy atom. The van der Waals surface area contributed by atoms with Crippen molar-refractivity contribution < 1.29 is 23.7 Å². The molecule has 0 aromatic heterocycles. The van der Waals surface area contributed by atoms with E-state index in [-0.39, 0.29) is 5.97 Å². The molecule has 1 atom stereocenters. The van der Waals surface area contributed by atoms with Crippen LogP contribution >= 0.6 is 0 Å². The zero-order chi connectivity index (χ0) is 13.2. The first-order valence-electron chi connectivity index (χ1n) is 6.26. The third-order valence-electron chi connectivity index (χ3n) is 2.81. The van der Waals surface area contributed by atoms with Crippen molar-refractivity contribution in [2.75, 3.05) is 60.3 Å². The first-order valence-corrected chi connectivity index (χ1v) is 6.26. The summed E-state index contributed by atoms with van der Waals surface area (Å²) in [7, 11) is 3.04. The number of carbonyl (C=O) groups is 1. The van der Waals surface area contributed by atoms with Crippen LogP contribution in [-0.2, 0) is 23.7 Å². The molecule has 18 heavy (non-hydrogen) atoms. The summed E-state index contributed by atoms with van der Waals surface area (Å²) in [5, 5.41) is 0. The number of hydrogen-bond donors (Lipinski definition) is 0. The quantitative estimate of drug-likeness (QED) is 0.450. The maximum atomic E-state index is 11.3. The van der Waals surface area contributed by atoms with Gasteiger partial charge in [-0.15, -0.1) is 0 Å². The molecular weight excluding hydrogens is 238 g/mol. The van der Waals surface area contributed by atoms with Crippen LogP contribution in [0.1, 0.15) is 6.42 Å². The van der Waals surface area contributed by atoms with Crippen LogP contribution in [0.25, 0.3) is 0 Å². The summed E-state index contributed by atoms with van der Waals surface area (Å²) in [4.78, 5) is 13.5. The summed E-state index contributed by atoms with van der Waals surface area (Å²) >= 11 is 0. The molecular formula is C12H23NO5. The Labute approximate surface area is 108 Å². The van der Waals surface area contributed by atoms with E-state index in [1.54, 1.807) is 7.11 Å². The zero-order valence-electron chi connectivity index (χ0n) is 11.2. The van der Waals surface area contributed by atoms with Gasteiger partial charge in [0.25, 0.3) is 0 Å². The van der Waals surface area contributed by atoms with Crippen LogP contribution in [0.2, 0.25) is 0 Å². The van der Waals surface area contributed by atoms with Crippen LogP contribution in [0.3, 0.4) is 0 Å². The molecule has 1 rings (SSSR count). The van der Waals surface area contributed by atoms with Crippen LogP contribution in [0, 0.1) is 0 Å². The summed E-state index contributed by atoms with van der Waals surface area (Å²) in [5.74, 6) is -0.295. The van der Waals surface area contributed by atoms with E-state index < -0.39 is 6.10 Å². The molecule has 1 unspecified atom stereocenters. The first-order chi connectivity index (χ1) is 8.77. The van der Waals surface area contributed by atoms with Gasteiger partial charge < -0.3 is 18.9 Å². The van der Waals surface area contributed by atoms with Gasteiger partial charge in [-0.25, -0.2) is 4.79 Å². The highest BCUT2D eigenvalue weighted by Gasteiger charge is 2.26. The fourth-order valence-corrected chi connectivity index (χ4v) is 1.81. The molecule has 1 saturated heterocycles. The average Bonchev–Trinajstić information content (AvgIpc) is 2.42. The number of morpholine rings is 1. The van der Waals surface area contributed by atoms with Crippen LogP contribution in [0.4, 0.5) is 0 Å². The normalized spacial score (nSPS) is 20.9. The highest BCUT2D eigenvalue weighted by Crippen LogP contribution is 2.07. The first kappa shape index (κ1) is 15.4. The van der Waals surface area contributed by atoms with Crippen molar-refractivity contribution in [1.29, 1.82) is 0 Å². The topological polar surface area (TPSA) is 57.2 Å². The van der Waals surface area contributed by atoms with Crippen LogP contribution < -0.4 is 0 Å². The lowest BCUT2D eigenvalue weighted by molar-refractivity contribution is -0.159. The minimum atomic E-state index is -0.446. The number of carbonyl (C=O) groups excluding carboxylic acids is 1. The molecule has 0 N–H and O–H groups in total. The van der Waals surface area contributed by atoms with E-state index in [9.17, 15) is 4.79 Å². The molecule has 106 valence electrons. The number of ether oxygens (including phenoxy) is 4. The molecule has 0 bridgehead atoms. The third kappa shape index (κ3) is 5.77. The van der Waals surface area contributed by atoms with Crippen molar-refractivity contribution in [3.63, 3.8) is 0 Å². The van der Waals surface area contributed by atoms with E-state index in [1.165, 1.54) is 7.11 Å². The standard InChI is InChI=1S/C12H23NO5/c1-15-8-9-17-6-3-4-13-5-7-18-11(10-13)12(14)16-2/h11H,3-10H2,1-2H3. The second-order valence-corrected chi connectivity index (χ2v) is 4.14. The van der Waals surface area contributed by atoms with Crippen LogP contribution in [0.15, 0.2) is 0 Å². The van der Waals surface area contributed by atoms with Crippen molar-refractivity contribution >= 4 is 5.97 Å². The largest absolute Gasteiger partial charge is 0.467 e. The van der Waals surface area contributed by atoms with E-state index in [2.05, 4.69) is 9.64 Å². The fourth-order valence-electron chi connectivity index (χ4n) is 1.81. The SMILES string of the molecule is COCCOCCCN1CCOC(C(=O)OC)C1. The monoisotopic (exact) mass is 261 g/mol. The number of rotatable bonds is 8. The van der Waals surface area contributed by atoms with E-state index in [0.29, 0.717) is 33.0 Å². The highest BCUT2D eigenvalue weighted by atomic mass is 16.6. The van der Waals surface area contributed by atoms with E-state index in [4.69, 9.17) is 14.2 Å². The summed E-state index contributed by atoms with van der Waals surface area (Å²) in [6, 6.07) is 0. The third-order valence-corrected chi connectivity index (χ3v) is 2.81. The van der Waals surface area contributed by atoms with Crippen molar-refractivity contribution in [3.8, 4) is 0 Å². The van der Waals surface area contributed by atoms with Gasteiger partial charge in [0.05, 0.1) is 26.9 Å². The number of nitrogens with zero attached hydrogens (tertiary/aromatic N) is 1. The van der Waals surface area contributed by atoms with Crippen LogP contribution in [-0.4, -0.2) is 77.3 Å². The van der Waals surface area contributed by atoms with Gasteiger partial charge in [-0.1, -0.05) is 0 Å². The lowest BCUT2D eigenvalue weighted by atomic mass is 10.2.